The predicted molar refractivity (Wildman–Crippen MR) is 146 cm³/mol. The fourth-order valence-corrected chi connectivity index (χ4v) is 4.68. The lowest BCUT2D eigenvalue weighted by atomic mass is 10.1. The van der Waals surface area contributed by atoms with E-state index in [0.717, 1.165) is 48.7 Å². The van der Waals surface area contributed by atoms with Crippen LogP contribution in [0.15, 0.2) is 76.2 Å². The number of amides is 1. The Morgan fingerprint density at radius 1 is 0.974 bits per heavy atom. The van der Waals surface area contributed by atoms with Gasteiger partial charge in [-0.05, 0) is 99.8 Å². The fraction of sp³-hybridized carbons (Fsp3) is 0.267. The molecule has 8 heteroatoms. The van der Waals surface area contributed by atoms with Gasteiger partial charge in [-0.3, -0.25) is 4.79 Å². The Hall–Kier alpha value is -4.33. The van der Waals surface area contributed by atoms with Crippen molar-refractivity contribution in [1.82, 2.24) is 9.99 Å². The van der Waals surface area contributed by atoms with Crippen molar-refractivity contribution in [2.75, 3.05) is 18.0 Å². The normalized spacial score (nSPS) is 13.7. The van der Waals surface area contributed by atoms with Crippen molar-refractivity contribution >= 4 is 17.8 Å². The number of benzene rings is 2. The summed E-state index contributed by atoms with van der Waals surface area (Å²) < 4.78 is 28.1. The standard InChI is InChI=1S/C30H31FN4O3/c1-21-6-7-22(2)35(21)24-10-12-26(13-11-24)37-20-27-14-15-29(38-27)30(36)33-32-19-23-8-9-25(18-28(23)31)34-16-4-3-5-17-34/h6-15,18-19H,3-5,16-17,20H2,1-2H3,(H,33,36)/b32-19+. The molecule has 1 saturated heterocycles. The molecule has 0 saturated carbocycles. The van der Waals surface area contributed by atoms with E-state index in [9.17, 15) is 9.18 Å². The molecule has 1 N–H and O–H groups in total. The van der Waals surface area contributed by atoms with Gasteiger partial charge in [0, 0.05) is 41.4 Å². The molecule has 1 amide bonds. The molecule has 0 atom stereocenters. The number of anilines is 1. The smallest absolute Gasteiger partial charge is 0.307 e. The van der Waals surface area contributed by atoms with Crippen LogP contribution in [-0.2, 0) is 6.61 Å². The Labute approximate surface area is 221 Å². The van der Waals surface area contributed by atoms with Crippen molar-refractivity contribution in [3.8, 4) is 11.4 Å². The van der Waals surface area contributed by atoms with Gasteiger partial charge < -0.3 is 18.6 Å². The zero-order valence-corrected chi connectivity index (χ0v) is 21.6. The maximum absolute atomic E-state index is 14.5. The average Bonchev–Trinajstić information content (AvgIpc) is 3.55. The third-order valence-corrected chi connectivity index (χ3v) is 6.71. The second kappa shape index (κ2) is 11.4. The van der Waals surface area contributed by atoms with Crippen LogP contribution in [-0.4, -0.2) is 29.8 Å². The first kappa shape index (κ1) is 25.3. The van der Waals surface area contributed by atoms with Crippen molar-refractivity contribution in [3.05, 3.63) is 101 Å². The highest BCUT2D eigenvalue weighted by molar-refractivity contribution is 5.92. The van der Waals surface area contributed by atoms with Crippen molar-refractivity contribution in [2.24, 2.45) is 5.10 Å². The molecular weight excluding hydrogens is 483 g/mol. The maximum atomic E-state index is 14.5. The van der Waals surface area contributed by atoms with E-state index in [0.29, 0.717) is 17.1 Å². The summed E-state index contributed by atoms with van der Waals surface area (Å²) in [6.07, 6.45) is 4.76. The minimum atomic E-state index is -0.528. The number of halogens is 1. The van der Waals surface area contributed by atoms with Gasteiger partial charge in [0.2, 0.25) is 0 Å². The van der Waals surface area contributed by atoms with Gasteiger partial charge in [-0.25, -0.2) is 9.82 Å². The molecule has 1 aliphatic heterocycles. The third-order valence-electron chi connectivity index (χ3n) is 6.71. The number of carbonyl (C=O) groups is 1. The van der Waals surface area contributed by atoms with Gasteiger partial charge in [0.25, 0.3) is 0 Å². The number of ether oxygens (including phenoxy) is 1. The van der Waals surface area contributed by atoms with E-state index in [1.807, 2.05) is 30.3 Å². The zero-order valence-electron chi connectivity index (χ0n) is 21.6. The molecule has 0 aliphatic carbocycles. The van der Waals surface area contributed by atoms with Gasteiger partial charge >= 0.3 is 5.91 Å². The van der Waals surface area contributed by atoms with Crippen molar-refractivity contribution in [2.45, 2.75) is 39.7 Å². The Morgan fingerprint density at radius 3 is 2.39 bits per heavy atom. The van der Waals surface area contributed by atoms with Gasteiger partial charge in [0.15, 0.2) is 5.76 Å². The van der Waals surface area contributed by atoms with Crippen LogP contribution in [0.4, 0.5) is 10.1 Å². The number of piperidine rings is 1. The van der Waals surface area contributed by atoms with Crippen LogP contribution < -0.4 is 15.1 Å². The Balaban J connectivity index is 1.13. The summed E-state index contributed by atoms with van der Waals surface area (Å²) in [7, 11) is 0. The number of nitrogens with zero attached hydrogens (tertiary/aromatic N) is 3. The van der Waals surface area contributed by atoms with Crippen LogP contribution in [0.1, 0.15) is 52.5 Å². The molecule has 4 aromatic rings. The topological polar surface area (TPSA) is 72.0 Å². The third kappa shape index (κ3) is 5.80. The van der Waals surface area contributed by atoms with Crippen LogP contribution in [0.3, 0.4) is 0 Å². The number of rotatable bonds is 8. The molecule has 7 nitrogen and oxygen atoms in total. The number of hydrogen-bond acceptors (Lipinski definition) is 5. The minimum Gasteiger partial charge on any atom is -0.486 e. The quantitative estimate of drug-likeness (QED) is 0.226. The second-order valence-corrected chi connectivity index (χ2v) is 9.45. The zero-order chi connectivity index (χ0) is 26.5. The molecule has 38 heavy (non-hydrogen) atoms. The van der Waals surface area contributed by atoms with E-state index in [4.69, 9.17) is 9.15 Å². The molecule has 2 aromatic carbocycles. The average molecular weight is 515 g/mol. The first-order valence-electron chi connectivity index (χ1n) is 12.8. The SMILES string of the molecule is Cc1ccc(C)n1-c1ccc(OCc2ccc(C(=O)N/N=C/c3ccc(N4CCCCC4)cc3F)o2)cc1. The second-order valence-electron chi connectivity index (χ2n) is 9.45. The number of hydrogen-bond donors (Lipinski definition) is 1. The Morgan fingerprint density at radius 2 is 1.68 bits per heavy atom. The van der Waals surface area contributed by atoms with E-state index in [-0.39, 0.29) is 18.2 Å². The van der Waals surface area contributed by atoms with Gasteiger partial charge in [-0.1, -0.05) is 0 Å². The lowest BCUT2D eigenvalue weighted by molar-refractivity contribution is 0.0923. The summed E-state index contributed by atoms with van der Waals surface area (Å²) in [4.78, 5) is 14.6. The highest BCUT2D eigenvalue weighted by Crippen LogP contribution is 2.23. The monoisotopic (exact) mass is 514 g/mol. The highest BCUT2D eigenvalue weighted by atomic mass is 19.1. The number of aryl methyl sites for hydroxylation is 2. The summed E-state index contributed by atoms with van der Waals surface area (Å²) in [5, 5.41) is 3.89. The van der Waals surface area contributed by atoms with Gasteiger partial charge in [0.1, 0.15) is 23.9 Å². The van der Waals surface area contributed by atoms with Crippen LogP contribution in [0.2, 0.25) is 0 Å². The van der Waals surface area contributed by atoms with Crippen LogP contribution in [0.5, 0.6) is 5.75 Å². The highest BCUT2D eigenvalue weighted by Gasteiger charge is 2.14. The first-order valence-corrected chi connectivity index (χ1v) is 12.8. The number of furan rings is 1. The summed E-state index contributed by atoms with van der Waals surface area (Å²) in [5.41, 5.74) is 6.95. The van der Waals surface area contributed by atoms with Gasteiger partial charge in [0.05, 0.1) is 6.21 Å². The largest absolute Gasteiger partial charge is 0.486 e. The summed E-state index contributed by atoms with van der Waals surface area (Å²) in [6.45, 7) is 6.20. The lowest BCUT2D eigenvalue weighted by Crippen LogP contribution is -2.29. The van der Waals surface area contributed by atoms with Crippen LogP contribution in [0.25, 0.3) is 5.69 Å². The molecule has 0 bridgehead atoms. The molecule has 196 valence electrons. The fourth-order valence-electron chi connectivity index (χ4n) is 4.68. The van der Waals surface area contributed by atoms with E-state index in [1.54, 1.807) is 18.2 Å². The molecular formula is C30H31FN4O3. The maximum Gasteiger partial charge on any atom is 0.307 e. The Bertz CT molecular complexity index is 1410. The summed E-state index contributed by atoms with van der Waals surface area (Å²) in [5.74, 6) is 0.376. The number of nitrogens with one attached hydrogen (secondary N) is 1. The van der Waals surface area contributed by atoms with Crippen LogP contribution >= 0.6 is 0 Å². The van der Waals surface area contributed by atoms with Gasteiger partial charge in [-0.15, -0.1) is 0 Å². The van der Waals surface area contributed by atoms with Crippen molar-refractivity contribution in [1.29, 1.82) is 0 Å². The molecule has 3 heterocycles. The molecule has 2 aromatic heterocycles. The number of aromatic nitrogens is 1. The van der Waals surface area contributed by atoms with Crippen molar-refractivity contribution < 1.29 is 18.3 Å². The summed E-state index contributed by atoms with van der Waals surface area (Å²) >= 11 is 0. The van der Waals surface area contributed by atoms with Gasteiger partial charge in [-0.2, -0.15) is 5.10 Å². The van der Waals surface area contributed by atoms with E-state index in [1.165, 1.54) is 18.7 Å². The van der Waals surface area contributed by atoms with Crippen LogP contribution in [0, 0.1) is 19.7 Å². The minimum absolute atomic E-state index is 0.0931. The van der Waals surface area contributed by atoms with E-state index < -0.39 is 5.91 Å². The lowest BCUT2D eigenvalue weighted by Gasteiger charge is -2.28. The first-order chi connectivity index (χ1) is 18.5. The van der Waals surface area contributed by atoms with E-state index in [2.05, 4.69) is 46.0 Å². The molecule has 1 aliphatic rings. The number of hydrazone groups is 1. The van der Waals surface area contributed by atoms with E-state index >= 15 is 0 Å². The van der Waals surface area contributed by atoms with Crippen molar-refractivity contribution in [3.63, 3.8) is 0 Å². The molecule has 1 fully saturated rings. The Kier molecular flexibility index (Phi) is 7.58. The molecule has 5 rings (SSSR count). The molecule has 0 radical (unpaired) electrons. The molecule has 0 unspecified atom stereocenters. The number of carbonyl (C=O) groups excluding carboxylic acids is 1. The molecule has 0 spiro atoms. The summed E-state index contributed by atoms with van der Waals surface area (Å²) in [6, 6.07) is 20.3. The predicted octanol–water partition coefficient (Wildman–Crippen LogP) is 6.16.